The number of ketones is 1. The number of nitrogens with one attached hydrogen (secondary N) is 1. The fourth-order valence-electron chi connectivity index (χ4n) is 7.61. The van der Waals surface area contributed by atoms with Crippen molar-refractivity contribution in [2.24, 2.45) is 16.7 Å². The van der Waals surface area contributed by atoms with Crippen molar-refractivity contribution < 1.29 is 147 Å². The molecule has 1 aliphatic heterocycles. The maximum absolute atomic E-state index is 14.2. The summed E-state index contributed by atoms with van der Waals surface area (Å²) in [5.74, 6) is -4.74. The van der Waals surface area contributed by atoms with Gasteiger partial charge in [-0.3, -0.25) is 14.4 Å². The van der Waals surface area contributed by atoms with E-state index in [1.54, 1.807) is 13.8 Å². The van der Waals surface area contributed by atoms with E-state index in [1.165, 1.54) is 27.7 Å². The Morgan fingerprint density at radius 2 is 1.65 bits per heavy atom. The second-order valence-electron chi connectivity index (χ2n) is 12.8. The normalized spacial score (nSPS) is 40.8. The topological polar surface area (TPSA) is 209 Å². The van der Waals surface area contributed by atoms with Crippen LogP contribution in [0.25, 0.3) is 0 Å². The van der Waals surface area contributed by atoms with Gasteiger partial charge in [0.2, 0.25) is 5.91 Å². The third kappa shape index (κ3) is 6.13. The molecule has 236 valence electrons. The van der Waals surface area contributed by atoms with E-state index in [0.29, 0.717) is 0 Å². The molecular weight excluding hydrogens is 996 g/mol. The fourth-order valence-corrected chi connectivity index (χ4v) is 7.61. The number of fused-ring (bicyclic) bond motifs is 5. The Kier molecular flexibility index (Phi) is 12.5. The number of esters is 2. The van der Waals surface area contributed by atoms with Crippen molar-refractivity contribution in [2.75, 3.05) is 6.61 Å². The first-order chi connectivity index (χ1) is 18.7. The van der Waals surface area contributed by atoms with Crippen LogP contribution in [-0.4, -0.2) is 110 Å². The number of Topliss-reactive ketones (excluding diaryl/α,β-unsaturated/α-hetero) is 1. The van der Waals surface area contributed by atoms with E-state index < -0.39 is 101 Å². The van der Waals surface area contributed by atoms with Gasteiger partial charge >= 0.3 is 11.9 Å². The average Bonchev–Trinajstić information content (AvgIpc) is 2.85. The number of rotatable bonds is 5. The Hall–Kier alpha value is 0.463. The summed E-state index contributed by atoms with van der Waals surface area (Å²) in [6.07, 6.45) is -9.51. The SMILES string of the molecule is CC(=O)N[C@@H](C)[C@@H](O)C(=O)OC1C[C@@]2(O)[C@@H](OC(C)=O)[C@@H]3[C@]4(O)CO[C@@H]4C[C@H](O)[C@@]3(C)C(=O)[C@H](O)C(=C1C)C2(C)C.[Ac].[Ac]. The van der Waals surface area contributed by atoms with E-state index >= 15 is 0 Å². The van der Waals surface area contributed by atoms with Gasteiger partial charge in [0, 0.05) is 126 Å². The number of aliphatic hydroxyl groups is 5. The summed E-state index contributed by atoms with van der Waals surface area (Å²) in [6, 6.07) is -1.02. The maximum atomic E-state index is 14.2. The molecule has 2 radical (unpaired) electrons. The van der Waals surface area contributed by atoms with Crippen LogP contribution < -0.4 is 5.32 Å². The molecule has 3 aliphatic carbocycles. The Morgan fingerprint density at radius 1 is 1.07 bits per heavy atom. The van der Waals surface area contributed by atoms with Crippen LogP contribution in [0.2, 0.25) is 0 Å². The number of carbonyl (C=O) groups is 4. The van der Waals surface area contributed by atoms with E-state index in [9.17, 15) is 44.7 Å². The zero-order valence-electron chi connectivity index (χ0n) is 25.5. The van der Waals surface area contributed by atoms with Crippen LogP contribution in [-0.2, 0) is 33.4 Å². The summed E-state index contributed by atoms with van der Waals surface area (Å²) >= 11 is 0. The molecule has 15 heteroatoms. The Morgan fingerprint density at radius 3 is 2.14 bits per heavy atom. The maximum Gasteiger partial charge on any atom is 0.337 e. The molecule has 2 bridgehead atoms. The van der Waals surface area contributed by atoms with E-state index in [-0.39, 0.29) is 112 Å². The first-order valence-electron chi connectivity index (χ1n) is 13.8. The Bertz CT molecular complexity index is 1190. The minimum Gasteiger partial charge on any atom is -0.459 e. The average molecular weight is 1040 g/mol. The summed E-state index contributed by atoms with van der Waals surface area (Å²) < 4.78 is 16.9. The van der Waals surface area contributed by atoms with Crippen LogP contribution >= 0.6 is 0 Å². The van der Waals surface area contributed by atoms with Crippen molar-refractivity contribution in [3.8, 4) is 0 Å². The quantitative estimate of drug-likeness (QED) is 0.140. The molecule has 0 aromatic rings. The van der Waals surface area contributed by atoms with Gasteiger partial charge in [-0.1, -0.05) is 13.8 Å². The molecule has 0 aromatic heterocycles. The first-order valence-corrected chi connectivity index (χ1v) is 13.8. The van der Waals surface area contributed by atoms with Crippen molar-refractivity contribution in [1.29, 1.82) is 0 Å². The molecule has 43 heavy (non-hydrogen) atoms. The van der Waals surface area contributed by atoms with Gasteiger partial charge in [0.25, 0.3) is 0 Å². The van der Waals surface area contributed by atoms with Crippen molar-refractivity contribution in [1.82, 2.24) is 5.32 Å². The number of ether oxygens (including phenoxy) is 3. The number of carbonyl (C=O) groups excluding carboxylic acids is 4. The first kappa shape index (κ1) is 39.6. The fraction of sp³-hybridized carbons (Fsp3) is 0.786. The standard InChI is InChI=1S/C28H41NO12.2Ac/c1-11-15(41-24(36)19(33)12(2)29-13(3)30)9-28(38)23(40-14(4)31)21-26(7,16(32)8-17-27(21,37)10-39-17)22(35)20(34)18(11)25(28,5)6;;/h12,15-17,19-21,23,32-34,37-38H,8-10H2,1-7H3,(H,29,30);;/t12-,15?,16-,17+,19+,20+,21-,23-,26+,27-,28+;;/m0../s1. The summed E-state index contributed by atoms with van der Waals surface area (Å²) in [7, 11) is 0. The molecule has 3 fully saturated rings. The molecular formula is C28H41Ac2NO12. The smallest absolute Gasteiger partial charge is 0.337 e. The molecule has 4 aliphatic rings. The second-order valence-corrected chi connectivity index (χ2v) is 12.8. The van der Waals surface area contributed by atoms with Gasteiger partial charge in [-0.2, -0.15) is 0 Å². The van der Waals surface area contributed by atoms with Crippen LogP contribution in [0.1, 0.15) is 61.3 Å². The minimum atomic E-state index is -2.17. The van der Waals surface area contributed by atoms with Gasteiger partial charge in [-0.05, 0) is 31.9 Å². The van der Waals surface area contributed by atoms with Crippen LogP contribution in [0.3, 0.4) is 0 Å². The molecule has 0 spiro atoms. The third-order valence-corrected chi connectivity index (χ3v) is 10.1. The molecule has 6 N–H and O–H groups in total. The van der Waals surface area contributed by atoms with Gasteiger partial charge in [0.05, 0.1) is 30.3 Å². The van der Waals surface area contributed by atoms with E-state index in [2.05, 4.69) is 5.32 Å². The third-order valence-electron chi connectivity index (χ3n) is 10.1. The molecule has 1 saturated heterocycles. The van der Waals surface area contributed by atoms with Crippen LogP contribution in [0.15, 0.2) is 11.1 Å². The molecule has 11 atom stereocenters. The number of hydrogen-bond acceptors (Lipinski definition) is 12. The number of amides is 1. The van der Waals surface area contributed by atoms with Gasteiger partial charge in [-0.15, -0.1) is 0 Å². The van der Waals surface area contributed by atoms with Gasteiger partial charge in [-0.25, -0.2) is 4.79 Å². The van der Waals surface area contributed by atoms with E-state index in [0.717, 1.165) is 6.92 Å². The molecule has 4 rings (SSSR count). The zero-order valence-corrected chi connectivity index (χ0v) is 35.0. The predicted octanol–water partition coefficient (Wildman–Crippen LogP) is -1.35. The van der Waals surface area contributed by atoms with Crippen molar-refractivity contribution in [3.63, 3.8) is 0 Å². The van der Waals surface area contributed by atoms with Crippen LogP contribution in [0.5, 0.6) is 0 Å². The van der Waals surface area contributed by atoms with Crippen molar-refractivity contribution in [3.05, 3.63) is 11.1 Å². The molecule has 0 aromatic carbocycles. The predicted molar refractivity (Wildman–Crippen MR) is 139 cm³/mol. The van der Waals surface area contributed by atoms with Gasteiger partial charge in [0.1, 0.15) is 29.5 Å². The molecule has 1 unspecified atom stereocenters. The minimum absolute atomic E-state index is 0. The summed E-state index contributed by atoms with van der Waals surface area (Å²) in [4.78, 5) is 51.1. The summed E-state index contributed by atoms with van der Waals surface area (Å²) in [5.41, 5.74) is -7.12. The number of aliphatic hydroxyl groups excluding tert-OH is 3. The summed E-state index contributed by atoms with van der Waals surface area (Å²) in [6.45, 7) is 9.42. The van der Waals surface area contributed by atoms with Crippen molar-refractivity contribution >= 4 is 23.6 Å². The van der Waals surface area contributed by atoms with E-state index in [1.807, 2.05) is 0 Å². The number of hydrogen-bond donors (Lipinski definition) is 6. The van der Waals surface area contributed by atoms with Crippen LogP contribution in [0, 0.1) is 105 Å². The van der Waals surface area contributed by atoms with Crippen LogP contribution in [0.4, 0.5) is 0 Å². The Balaban J connectivity index is 0.00000323. The molecule has 2 saturated carbocycles. The molecule has 13 nitrogen and oxygen atoms in total. The van der Waals surface area contributed by atoms with Crippen molar-refractivity contribution in [2.45, 2.75) is 115 Å². The second kappa shape index (κ2) is 13.5. The van der Waals surface area contributed by atoms with Gasteiger partial charge in [0.15, 0.2) is 11.9 Å². The van der Waals surface area contributed by atoms with Gasteiger partial charge < -0.3 is 45.1 Å². The monoisotopic (exact) mass is 1040 g/mol. The van der Waals surface area contributed by atoms with E-state index in [4.69, 9.17) is 14.2 Å². The Labute approximate surface area is 321 Å². The zero-order chi connectivity index (χ0) is 31.0. The molecule has 1 heterocycles. The largest absolute Gasteiger partial charge is 0.459 e. The summed E-state index contributed by atoms with van der Waals surface area (Å²) in [5, 5.41) is 60.2. The molecule has 1 amide bonds.